The number of allylic oxidation sites excluding steroid dienone is 4. The van der Waals surface area contributed by atoms with Crippen LogP contribution in [0.1, 0.15) is 42.8 Å². The highest BCUT2D eigenvalue weighted by Gasteiger charge is 2.17. The van der Waals surface area contributed by atoms with Crippen LogP contribution in [0.5, 0.6) is 0 Å². The minimum atomic E-state index is 0.662. The van der Waals surface area contributed by atoms with E-state index in [9.17, 15) is 0 Å². The van der Waals surface area contributed by atoms with Gasteiger partial charge in [-0.1, -0.05) is 18.2 Å². The number of aryl methyl sites for hydroxylation is 1. The summed E-state index contributed by atoms with van der Waals surface area (Å²) in [5.74, 6) is 0.770. The Balaban J connectivity index is 2.02. The molecule has 3 rings (SSSR count). The van der Waals surface area contributed by atoms with Crippen molar-refractivity contribution in [3.05, 3.63) is 41.5 Å². The van der Waals surface area contributed by atoms with E-state index in [1.807, 2.05) is 6.20 Å². The summed E-state index contributed by atoms with van der Waals surface area (Å²) < 4.78 is 0. The molecule has 3 heteroatoms. The molecule has 17 heavy (non-hydrogen) atoms. The van der Waals surface area contributed by atoms with Gasteiger partial charge in [-0.15, -0.1) is 0 Å². The summed E-state index contributed by atoms with van der Waals surface area (Å²) in [5, 5.41) is 7.95. The number of aromatic nitrogens is 2. The van der Waals surface area contributed by atoms with E-state index in [-0.39, 0.29) is 0 Å². The third kappa shape index (κ3) is 1.93. The fourth-order valence-electron chi connectivity index (χ4n) is 2.34. The Kier molecular flexibility index (Phi) is 2.59. The van der Waals surface area contributed by atoms with E-state index in [1.165, 1.54) is 0 Å². The molecule has 0 saturated heterocycles. The van der Waals surface area contributed by atoms with Gasteiger partial charge < -0.3 is 5.41 Å². The smallest absolute Gasteiger partial charge is 0.159 e. The van der Waals surface area contributed by atoms with Gasteiger partial charge in [0.25, 0.3) is 0 Å². The molecule has 0 aliphatic heterocycles. The molecular weight excluding hydrogens is 210 g/mol. The summed E-state index contributed by atoms with van der Waals surface area (Å²) in [7, 11) is 0. The van der Waals surface area contributed by atoms with Crippen LogP contribution in [0.25, 0.3) is 5.57 Å². The molecule has 1 heterocycles. The van der Waals surface area contributed by atoms with Crippen LogP contribution in [-0.2, 0) is 6.42 Å². The Morgan fingerprint density at radius 1 is 1.18 bits per heavy atom. The van der Waals surface area contributed by atoms with Gasteiger partial charge in [0.2, 0.25) is 0 Å². The summed E-state index contributed by atoms with van der Waals surface area (Å²) in [5.41, 5.74) is 3.75. The van der Waals surface area contributed by atoms with E-state index in [1.54, 1.807) is 0 Å². The number of hydrogen-bond donors (Lipinski definition) is 1. The highest BCUT2D eigenvalue weighted by molar-refractivity contribution is 5.98. The topological polar surface area (TPSA) is 49.6 Å². The van der Waals surface area contributed by atoms with Crippen molar-refractivity contribution >= 4 is 11.3 Å². The quantitative estimate of drug-likeness (QED) is 0.798. The van der Waals surface area contributed by atoms with Crippen LogP contribution in [0, 0.1) is 5.41 Å². The number of nitrogens with zero attached hydrogens (tertiary/aromatic N) is 2. The van der Waals surface area contributed by atoms with Crippen molar-refractivity contribution < 1.29 is 0 Å². The van der Waals surface area contributed by atoms with Crippen LogP contribution in [0.3, 0.4) is 0 Å². The Morgan fingerprint density at radius 2 is 2.12 bits per heavy atom. The van der Waals surface area contributed by atoms with Crippen LogP contribution in [-0.4, -0.2) is 15.7 Å². The normalized spacial score (nSPS) is 18.8. The number of rotatable bonds is 1. The Hall–Kier alpha value is -1.77. The van der Waals surface area contributed by atoms with E-state index in [2.05, 4.69) is 28.2 Å². The average molecular weight is 225 g/mol. The molecule has 86 valence electrons. The molecule has 0 atom stereocenters. The summed E-state index contributed by atoms with van der Waals surface area (Å²) >= 11 is 0. The second-order valence-electron chi connectivity index (χ2n) is 4.54. The maximum Gasteiger partial charge on any atom is 0.159 e. The van der Waals surface area contributed by atoms with Gasteiger partial charge in [-0.3, -0.25) is 0 Å². The van der Waals surface area contributed by atoms with Crippen molar-refractivity contribution in [1.29, 1.82) is 5.41 Å². The SMILES string of the molecule is N=C1CCCc2cnc(C3=CCCC=C3)nc21. The van der Waals surface area contributed by atoms with Crippen LogP contribution >= 0.6 is 0 Å². The van der Waals surface area contributed by atoms with Crippen molar-refractivity contribution in [2.45, 2.75) is 32.1 Å². The maximum absolute atomic E-state index is 7.95. The average Bonchev–Trinajstić information content (AvgIpc) is 2.40. The van der Waals surface area contributed by atoms with Gasteiger partial charge in [-0.2, -0.15) is 0 Å². The van der Waals surface area contributed by atoms with Crippen molar-refractivity contribution in [2.75, 3.05) is 0 Å². The molecular formula is C14H15N3. The van der Waals surface area contributed by atoms with Crippen LogP contribution in [0.2, 0.25) is 0 Å². The predicted molar refractivity (Wildman–Crippen MR) is 68.1 cm³/mol. The molecule has 0 radical (unpaired) electrons. The second-order valence-corrected chi connectivity index (χ2v) is 4.54. The summed E-state index contributed by atoms with van der Waals surface area (Å²) in [6.07, 6.45) is 13.4. The molecule has 1 aromatic rings. The zero-order valence-electron chi connectivity index (χ0n) is 9.74. The van der Waals surface area contributed by atoms with Crippen LogP contribution in [0.15, 0.2) is 24.4 Å². The molecule has 0 fully saturated rings. The van der Waals surface area contributed by atoms with Gasteiger partial charge in [0.05, 0.1) is 11.4 Å². The van der Waals surface area contributed by atoms with E-state index in [4.69, 9.17) is 5.41 Å². The van der Waals surface area contributed by atoms with Crippen molar-refractivity contribution in [3.8, 4) is 0 Å². The number of hydrogen-bond acceptors (Lipinski definition) is 3. The largest absolute Gasteiger partial charge is 0.303 e. The summed E-state index contributed by atoms with van der Waals surface area (Å²) in [4.78, 5) is 8.99. The number of nitrogens with one attached hydrogen (secondary N) is 1. The summed E-state index contributed by atoms with van der Waals surface area (Å²) in [6.45, 7) is 0. The lowest BCUT2D eigenvalue weighted by Crippen LogP contribution is -2.15. The first-order valence-electron chi connectivity index (χ1n) is 6.15. The first-order chi connectivity index (χ1) is 8.34. The van der Waals surface area contributed by atoms with Gasteiger partial charge in [0.15, 0.2) is 5.82 Å². The lowest BCUT2D eigenvalue weighted by molar-refractivity contribution is 0.810. The molecule has 1 N–H and O–H groups in total. The van der Waals surface area contributed by atoms with Crippen molar-refractivity contribution in [3.63, 3.8) is 0 Å². The molecule has 0 spiro atoms. The molecule has 0 saturated carbocycles. The minimum absolute atomic E-state index is 0.662. The monoisotopic (exact) mass is 225 g/mol. The fraction of sp³-hybridized carbons (Fsp3) is 0.357. The zero-order valence-corrected chi connectivity index (χ0v) is 9.74. The second kappa shape index (κ2) is 4.24. The van der Waals surface area contributed by atoms with Crippen LogP contribution in [0.4, 0.5) is 0 Å². The molecule has 2 aliphatic carbocycles. The Morgan fingerprint density at radius 3 is 2.94 bits per heavy atom. The van der Waals surface area contributed by atoms with Gasteiger partial charge >= 0.3 is 0 Å². The van der Waals surface area contributed by atoms with E-state index < -0.39 is 0 Å². The molecule has 1 aromatic heterocycles. The summed E-state index contributed by atoms with van der Waals surface area (Å²) in [6, 6.07) is 0. The van der Waals surface area contributed by atoms with Gasteiger partial charge in [-0.05, 0) is 37.7 Å². The first kappa shape index (κ1) is 10.4. The molecule has 2 aliphatic rings. The fourth-order valence-corrected chi connectivity index (χ4v) is 2.34. The van der Waals surface area contributed by atoms with E-state index in [0.717, 1.165) is 54.8 Å². The Labute approximate surface area is 101 Å². The van der Waals surface area contributed by atoms with Gasteiger partial charge in [0, 0.05) is 11.8 Å². The zero-order chi connectivity index (χ0) is 11.7. The predicted octanol–water partition coefficient (Wildman–Crippen LogP) is 2.91. The highest BCUT2D eigenvalue weighted by atomic mass is 14.9. The molecule has 0 bridgehead atoms. The molecule has 0 amide bonds. The third-order valence-electron chi connectivity index (χ3n) is 3.28. The lowest BCUT2D eigenvalue weighted by atomic mass is 9.95. The number of fused-ring (bicyclic) bond motifs is 1. The van der Waals surface area contributed by atoms with Crippen LogP contribution < -0.4 is 0 Å². The van der Waals surface area contributed by atoms with E-state index in [0.29, 0.717) is 5.71 Å². The third-order valence-corrected chi connectivity index (χ3v) is 3.28. The van der Waals surface area contributed by atoms with Crippen molar-refractivity contribution in [1.82, 2.24) is 9.97 Å². The molecule has 3 nitrogen and oxygen atoms in total. The first-order valence-corrected chi connectivity index (χ1v) is 6.15. The van der Waals surface area contributed by atoms with Gasteiger partial charge in [-0.25, -0.2) is 9.97 Å². The lowest BCUT2D eigenvalue weighted by Gasteiger charge is -2.16. The van der Waals surface area contributed by atoms with Crippen molar-refractivity contribution in [2.24, 2.45) is 0 Å². The maximum atomic E-state index is 7.95. The van der Waals surface area contributed by atoms with Gasteiger partial charge in [0.1, 0.15) is 0 Å². The highest BCUT2D eigenvalue weighted by Crippen LogP contribution is 2.22. The molecule has 0 aromatic carbocycles. The van der Waals surface area contributed by atoms with E-state index >= 15 is 0 Å². The Bertz CT molecular complexity index is 526. The minimum Gasteiger partial charge on any atom is -0.303 e. The standard InChI is InChI=1S/C14H15N3/c15-12-8-4-7-11-9-16-14(17-13(11)12)10-5-2-1-3-6-10/h2,5-6,9,15H,1,3-4,7-8H2. The molecule has 0 unspecified atom stereocenters.